The third-order valence-electron chi connectivity index (χ3n) is 1.27. The molecule has 1 unspecified atom stereocenters. The van der Waals surface area contributed by atoms with Gasteiger partial charge in [0.25, 0.3) is 0 Å². The predicted molar refractivity (Wildman–Crippen MR) is 40.5 cm³/mol. The van der Waals surface area contributed by atoms with Crippen molar-refractivity contribution in [2.24, 2.45) is 5.92 Å². The molecule has 0 aliphatic heterocycles. The molecule has 0 aromatic rings. The van der Waals surface area contributed by atoms with Crippen molar-refractivity contribution in [2.75, 3.05) is 0 Å². The molecule has 0 N–H and O–H groups in total. The van der Waals surface area contributed by atoms with Gasteiger partial charge in [0.1, 0.15) is 0 Å². The predicted octanol–water partition coefficient (Wildman–Crippen LogP) is 3.09. The van der Waals surface area contributed by atoms with Gasteiger partial charge in [-0.25, -0.2) is 0 Å². The van der Waals surface area contributed by atoms with E-state index in [1.54, 1.807) is 0 Å². The minimum Gasteiger partial charge on any atom is -0.358 e. The summed E-state index contributed by atoms with van der Waals surface area (Å²) in [6.45, 7) is 8.27. The molecule has 0 amide bonds. The Morgan fingerprint density at radius 1 is 1.44 bits per heavy atom. The number of hydrogen-bond donors (Lipinski definition) is 0. The van der Waals surface area contributed by atoms with Gasteiger partial charge in [-0.05, 0) is 0 Å². The third kappa shape index (κ3) is 12.3. The largest absolute Gasteiger partial charge is 0.358 e. The van der Waals surface area contributed by atoms with Crippen molar-refractivity contribution in [2.45, 2.75) is 33.1 Å². The molecule has 0 fully saturated rings. The zero-order chi connectivity index (χ0) is 5.70. The van der Waals surface area contributed by atoms with E-state index in [9.17, 15) is 0 Å². The average Bonchev–Trinajstić information content (AvgIpc) is 1.68. The van der Waals surface area contributed by atoms with Crippen molar-refractivity contribution in [1.82, 2.24) is 0 Å². The Bertz CT molecular complexity index is 35.5. The van der Waals surface area contributed by atoms with Crippen LogP contribution in [-0.4, -0.2) is 0 Å². The Hall–Kier alpha value is 1.10. The van der Waals surface area contributed by atoms with E-state index in [-0.39, 0.29) is 40.1 Å². The van der Waals surface area contributed by atoms with Gasteiger partial charge < -0.3 is 14.4 Å². The Morgan fingerprint density at radius 2 is 1.89 bits per heavy atom. The van der Waals surface area contributed by atoms with Crippen LogP contribution in [0.15, 0.2) is 0 Å². The fraction of sp³-hybridized carbons (Fsp3) is 0.750. The molecule has 55 valence electrons. The van der Waals surface area contributed by atoms with E-state index in [0.717, 1.165) is 12.3 Å². The first-order valence-electron chi connectivity index (χ1n) is 3.10. The van der Waals surface area contributed by atoms with Crippen LogP contribution >= 0.6 is 0 Å². The summed E-state index contributed by atoms with van der Waals surface area (Å²) in [5.41, 5.74) is 0. The van der Waals surface area contributed by atoms with Crippen LogP contribution in [0.5, 0.6) is 0 Å². The fourth-order valence-electron chi connectivity index (χ4n) is 0.637. The first kappa shape index (κ1) is 16.6. The standard InChI is InChI=1S/C7H15.CH3.Y/c1-4-6-7(3)5-2;;/h7H,2,4-6H2,1,3H3;1H3;/q2*-1;. The molecule has 0 aromatic carbocycles. The average molecular weight is 203 g/mol. The van der Waals surface area contributed by atoms with Crippen molar-refractivity contribution in [3.8, 4) is 0 Å². The van der Waals surface area contributed by atoms with Gasteiger partial charge in [-0.1, -0.05) is 32.6 Å². The Kier molecular flexibility index (Phi) is 21.8. The minimum absolute atomic E-state index is 0. The van der Waals surface area contributed by atoms with E-state index < -0.39 is 0 Å². The molecule has 1 heteroatoms. The van der Waals surface area contributed by atoms with Gasteiger partial charge in [-0.2, -0.15) is 6.42 Å². The molecule has 0 aliphatic carbocycles. The van der Waals surface area contributed by atoms with E-state index in [4.69, 9.17) is 0 Å². The molecule has 0 heterocycles. The van der Waals surface area contributed by atoms with Crippen molar-refractivity contribution in [1.29, 1.82) is 0 Å². The van der Waals surface area contributed by atoms with E-state index in [1.165, 1.54) is 12.8 Å². The van der Waals surface area contributed by atoms with Crippen LogP contribution in [0.4, 0.5) is 0 Å². The maximum atomic E-state index is 3.80. The zero-order valence-corrected chi connectivity index (χ0v) is 9.82. The van der Waals surface area contributed by atoms with Crippen molar-refractivity contribution < 1.29 is 32.7 Å². The molecular weight excluding hydrogens is 185 g/mol. The van der Waals surface area contributed by atoms with E-state index >= 15 is 0 Å². The summed E-state index contributed by atoms with van der Waals surface area (Å²) in [7, 11) is 0. The summed E-state index contributed by atoms with van der Waals surface area (Å²) < 4.78 is 0. The van der Waals surface area contributed by atoms with Crippen molar-refractivity contribution in [3.05, 3.63) is 14.4 Å². The summed E-state index contributed by atoms with van der Waals surface area (Å²) in [4.78, 5) is 0. The molecule has 0 bridgehead atoms. The SMILES string of the molecule is [CH2-]CC(C)CCC.[CH3-].[Y]. The normalized spacial score (nSPS) is 11.0. The molecular formula is C8H18Y-2. The van der Waals surface area contributed by atoms with Crippen LogP contribution in [-0.2, 0) is 32.7 Å². The van der Waals surface area contributed by atoms with Gasteiger partial charge in [0.05, 0.1) is 0 Å². The summed E-state index contributed by atoms with van der Waals surface area (Å²) in [5, 5.41) is 0. The second-order valence-corrected chi connectivity index (χ2v) is 2.18. The van der Waals surface area contributed by atoms with Gasteiger partial charge in [-0.15, -0.1) is 0 Å². The monoisotopic (exact) mass is 203 g/mol. The minimum atomic E-state index is 0. The molecule has 0 aliphatic rings. The molecule has 0 saturated heterocycles. The Labute approximate surface area is 85.7 Å². The number of rotatable bonds is 3. The molecule has 1 radical (unpaired) electrons. The van der Waals surface area contributed by atoms with Crippen LogP contribution in [0.3, 0.4) is 0 Å². The summed E-state index contributed by atoms with van der Waals surface area (Å²) >= 11 is 0. The number of hydrogen-bond acceptors (Lipinski definition) is 0. The second-order valence-electron chi connectivity index (χ2n) is 2.18. The fourth-order valence-corrected chi connectivity index (χ4v) is 0.637. The van der Waals surface area contributed by atoms with Crippen LogP contribution in [0.1, 0.15) is 33.1 Å². The van der Waals surface area contributed by atoms with E-state index in [1.807, 2.05) is 0 Å². The molecule has 0 aromatic heterocycles. The van der Waals surface area contributed by atoms with E-state index in [2.05, 4.69) is 20.8 Å². The maximum Gasteiger partial charge on any atom is 0 e. The van der Waals surface area contributed by atoms with Gasteiger partial charge in [0, 0.05) is 32.7 Å². The molecule has 0 saturated carbocycles. The van der Waals surface area contributed by atoms with Gasteiger partial charge in [0.2, 0.25) is 0 Å². The second kappa shape index (κ2) is 11.8. The third-order valence-corrected chi connectivity index (χ3v) is 1.27. The van der Waals surface area contributed by atoms with Crippen LogP contribution in [0.2, 0.25) is 0 Å². The summed E-state index contributed by atoms with van der Waals surface area (Å²) in [6.07, 6.45) is 3.73. The first-order chi connectivity index (χ1) is 3.31. The Morgan fingerprint density at radius 3 is 2.00 bits per heavy atom. The molecule has 1 atom stereocenters. The summed E-state index contributed by atoms with van der Waals surface area (Å²) in [6, 6.07) is 0. The van der Waals surface area contributed by atoms with Crippen molar-refractivity contribution >= 4 is 0 Å². The van der Waals surface area contributed by atoms with Crippen LogP contribution in [0.25, 0.3) is 0 Å². The van der Waals surface area contributed by atoms with Gasteiger partial charge in [-0.3, -0.25) is 0 Å². The maximum absolute atomic E-state index is 3.80. The van der Waals surface area contributed by atoms with Crippen LogP contribution in [0, 0.1) is 20.3 Å². The van der Waals surface area contributed by atoms with E-state index in [0.29, 0.717) is 0 Å². The molecule has 0 spiro atoms. The Balaban J connectivity index is -0.000000180. The molecule has 0 nitrogen and oxygen atoms in total. The zero-order valence-electron chi connectivity index (χ0n) is 6.98. The van der Waals surface area contributed by atoms with Crippen molar-refractivity contribution in [3.63, 3.8) is 0 Å². The van der Waals surface area contributed by atoms with Gasteiger partial charge >= 0.3 is 0 Å². The topological polar surface area (TPSA) is 0 Å². The quantitative estimate of drug-likeness (QED) is 0.618. The summed E-state index contributed by atoms with van der Waals surface area (Å²) in [5.74, 6) is 0.838. The first-order valence-corrected chi connectivity index (χ1v) is 3.10. The van der Waals surface area contributed by atoms with Crippen LogP contribution < -0.4 is 0 Å². The molecule has 0 rings (SSSR count). The van der Waals surface area contributed by atoms with Gasteiger partial charge in [0.15, 0.2) is 0 Å². The molecule has 9 heavy (non-hydrogen) atoms. The smallest absolute Gasteiger partial charge is 0 e.